The molecule has 0 heterocycles. The van der Waals surface area contributed by atoms with Gasteiger partial charge < -0.3 is 0 Å². The van der Waals surface area contributed by atoms with Crippen LogP contribution in [0.25, 0.3) is 0 Å². The number of hydrogen-bond donors (Lipinski definition) is 0. The normalized spacial score (nSPS) is 13.1. The van der Waals surface area contributed by atoms with Gasteiger partial charge in [-0.15, -0.1) is 0 Å². The van der Waals surface area contributed by atoms with Gasteiger partial charge in [-0.25, -0.2) is 8.42 Å². The van der Waals surface area contributed by atoms with Crippen molar-refractivity contribution in [1.29, 1.82) is 0 Å². The fourth-order valence-corrected chi connectivity index (χ4v) is 4.57. The van der Waals surface area contributed by atoms with Crippen molar-refractivity contribution >= 4 is 37.4 Å². The van der Waals surface area contributed by atoms with Crippen molar-refractivity contribution in [3.05, 3.63) is 65.2 Å². The number of halogens is 2. The molecule has 2 nitrogen and oxygen atoms in total. The lowest BCUT2D eigenvalue weighted by Gasteiger charge is -2.15. The summed E-state index contributed by atoms with van der Waals surface area (Å²) in [5.41, 5.74) is 1.02. The minimum Gasteiger partial charge on any atom is -0.224 e. The van der Waals surface area contributed by atoms with E-state index in [0.717, 1.165) is 5.56 Å². The molecule has 2 aromatic carbocycles. The molecule has 0 fully saturated rings. The maximum absolute atomic E-state index is 12.4. The van der Waals surface area contributed by atoms with Crippen LogP contribution in [-0.2, 0) is 9.84 Å². The van der Waals surface area contributed by atoms with E-state index in [1.807, 2.05) is 30.3 Å². The molecule has 0 aliphatic carbocycles. The van der Waals surface area contributed by atoms with Crippen LogP contribution in [0, 0.1) is 0 Å². The Labute approximate surface area is 132 Å². The molecule has 0 spiro atoms. The Hall–Kier alpha value is -0.840. The smallest absolute Gasteiger partial charge is 0.179 e. The van der Waals surface area contributed by atoms with Gasteiger partial charge in [0.25, 0.3) is 0 Å². The number of benzene rings is 2. The zero-order chi connectivity index (χ0) is 14.6. The lowest BCUT2D eigenvalue weighted by Crippen LogP contribution is -2.16. The van der Waals surface area contributed by atoms with E-state index in [2.05, 4.69) is 15.9 Å². The molecular formula is C15H14BrClO2S. The summed E-state index contributed by atoms with van der Waals surface area (Å²) in [5.74, 6) is 0.000974. The molecule has 0 aliphatic rings. The van der Waals surface area contributed by atoms with Crippen LogP contribution in [0.3, 0.4) is 0 Å². The van der Waals surface area contributed by atoms with Crippen molar-refractivity contribution < 1.29 is 8.42 Å². The fourth-order valence-electron chi connectivity index (χ4n) is 1.96. The molecule has 0 saturated carbocycles. The first-order chi connectivity index (χ1) is 9.53. The molecule has 0 bridgehead atoms. The van der Waals surface area contributed by atoms with Crippen LogP contribution in [0.2, 0.25) is 5.02 Å². The van der Waals surface area contributed by atoms with E-state index in [0.29, 0.717) is 15.2 Å². The standard InChI is InChI=1S/C15H14BrClO2S/c16-10-13(12-4-2-1-3-5-12)11-20(18,19)15-8-6-14(17)7-9-15/h1-9,13H,10-11H2. The Kier molecular flexibility index (Phi) is 5.24. The van der Waals surface area contributed by atoms with Crippen molar-refractivity contribution in [2.75, 3.05) is 11.1 Å². The van der Waals surface area contributed by atoms with Crippen molar-refractivity contribution in [2.45, 2.75) is 10.8 Å². The first-order valence-corrected chi connectivity index (χ1v) is 9.27. The largest absolute Gasteiger partial charge is 0.224 e. The van der Waals surface area contributed by atoms with Crippen molar-refractivity contribution in [1.82, 2.24) is 0 Å². The van der Waals surface area contributed by atoms with E-state index in [1.165, 1.54) is 0 Å². The lowest BCUT2D eigenvalue weighted by atomic mass is 10.0. The topological polar surface area (TPSA) is 34.1 Å². The van der Waals surface area contributed by atoms with Gasteiger partial charge in [0.15, 0.2) is 9.84 Å². The second kappa shape index (κ2) is 6.74. The number of sulfone groups is 1. The highest BCUT2D eigenvalue weighted by molar-refractivity contribution is 9.09. The molecular weight excluding hydrogens is 360 g/mol. The minimum absolute atomic E-state index is 0.0723. The first kappa shape index (κ1) is 15.5. The average Bonchev–Trinajstić information content (AvgIpc) is 2.46. The minimum atomic E-state index is -3.33. The van der Waals surface area contributed by atoms with E-state index in [-0.39, 0.29) is 11.7 Å². The second-order valence-corrected chi connectivity index (χ2v) is 7.62. The average molecular weight is 374 g/mol. The monoisotopic (exact) mass is 372 g/mol. The predicted octanol–water partition coefficient (Wildman–Crippen LogP) is 4.29. The van der Waals surface area contributed by atoms with Crippen LogP contribution in [0.5, 0.6) is 0 Å². The third-order valence-corrected chi connectivity index (χ3v) is 5.92. The molecule has 20 heavy (non-hydrogen) atoms. The predicted molar refractivity (Wildman–Crippen MR) is 86.5 cm³/mol. The van der Waals surface area contributed by atoms with E-state index >= 15 is 0 Å². The highest BCUT2D eigenvalue weighted by atomic mass is 79.9. The Morgan fingerprint density at radius 1 is 1.00 bits per heavy atom. The third-order valence-electron chi connectivity index (χ3n) is 3.05. The molecule has 5 heteroatoms. The van der Waals surface area contributed by atoms with Gasteiger partial charge in [-0.2, -0.15) is 0 Å². The summed E-state index contributed by atoms with van der Waals surface area (Å²) in [6.45, 7) is 0. The summed E-state index contributed by atoms with van der Waals surface area (Å²) in [4.78, 5) is 0.309. The molecule has 0 aromatic heterocycles. The van der Waals surface area contributed by atoms with E-state index < -0.39 is 9.84 Å². The lowest BCUT2D eigenvalue weighted by molar-refractivity contribution is 0.591. The van der Waals surface area contributed by atoms with Gasteiger partial charge in [-0.3, -0.25) is 0 Å². The van der Waals surface area contributed by atoms with Crippen LogP contribution < -0.4 is 0 Å². The Bertz CT molecular complexity index is 654. The van der Waals surface area contributed by atoms with Gasteiger partial charge >= 0.3 is 0 Å². The maximum atomic E-state index is 12.4. The van der Waals surface area contributed by atoms with Crippen LogP contribution in [0.15, 0.2) is 59.5 Å². The van der Waals surface area contributed by atoms with Gasteiger partial charge in [0.05, 0.1) is 10.6 Å². The Balaban J connectivity index is 2.24. The Morgan fingerprint density at radius 3 is 2.15 bits per heavy atom. The molecule has 106 valence electrons. The Morgan fingerprint density at radius 2 is 1.60 bits per heavy atom. The van der Waals surface area contributed by atoms with E-state index in [4.69, 9.17) is 11.6 Å². The quantitative estimate of drug-likeness (QED) is 0.733. The van der Waals surface area contributed by atoms with Crippen LogP contribution in [-0.4, -0.2) is 19.5 Å². The summed E-state index contributed by atoms with van der Waals surface area (Å²) in [6.07, 6.45) is 0. The number of rotatable bonds is 5. The van der Waals surface area contributed by atoms with E-state index in [1.54, 1.807) is 24.3 Å². The van der Waals surface area contributed by atoms with Crippen LogP contribution in [0.1, 0.15) is 11.5 Å². The SMILES string of the molecule is O=S(=O)(CC(CBr)c1ccccc1)c1ccc(Cl)cc1. The van der Waals surface area contributed by atoms with Crippen LogP contribution in [0.4, 0.5) is 0 Å². The molecule has 1 unspecified atom stereocenters. The number of hydrogen-bond acceptors (Lipinski definition) is 2. The van der Waals surface area contributed by atoms with Crippen molar-refractivity contribution in [3.8, 4) is 0 Å². The molecule has 0 N–H and O–H groups in total. The third kappa shape index (κ3) is 3.84. The molecule has 2 aromatic rings. The molecule has 0 amide bonds. The van der Waals surface area contributed by atoms with Gasteiger partial charge in [-0.05, 0) is 29.8 Å². The van der Waals surface area contributed by atoms with Gasteiger partial charge in [0.1, 0.15) is 0 Å². The zero-order valence-electron chi connectivity index (χ0n) is 10.7. The van der Waals surface area contributed by atoms with Gasteiger partial charge in [0, 0.05) is 16.3 Å². The number of alkyl halides is 1. The van der Waals surface area contributed by atoms with Crippen LogP contribution >= 0.6 is 27.5 Å². The van der Waals surface area contributed by atoms with Crippen molar-refractivity contribution in [2.24, 2.45) is 0 Å². The summed E-state index contributed by atoms with van der Waals surface area (Å²) >= 11 is 9.19. The van der Waals surface area contributed by atoms with E-state index in [9.17, 15) is 8.42 Å². The molecule has 0 aliphatic heterocycles. The summed E-state index contributed by atoms with van der Waals surface area (Å²) in [6, 6.07) is 15.9. The highest BCUT2D eigenvalue weighted by Crippen LogP contribution is 2.24. The van der Waals surface area contributed by atoms with Crippen molar-refractivity contribution in [3.63, 3.8) is 0 Å². The summed E-state index contributed by atoms with van der Waals surface area (Å²) in [7, 11) is -3.33. The highest BCUT2D eigenvalue weighted by Gasteiger charge is 2.21. The molecule has 0 saturated heterocycles. The molecule has 2 rings (SSSR count). The summed E-state index contributed by atoms with van der Waals surface area (Å²) in [5, 5.41) is 1.13. The fraction of sp³-hybridized carbons (Fsp3) is 0.200. The maximum Gasteiger partial charge on any atom is 0.179 e. The summed E-state index contributed by atoms with van der Waals surface area (Å²) < 4.78 is 24.8. The zero-order valence-corrected chi connectivity index (χ0v) is 13.8. The second-order valence-electron chi connectivity index (χ2n) is 4.50. The van der Waals surface area contributed by atoms with Gasteiger partial charge in [0.2, 0.25) is 0 Å². The molecule has 0 radical (unpaired) electrons. The first-order valence-electron chi connectivity index (χ1n) is 6.12. The van der Waals surface area contributed by atoms with Gasteiger partial charge in [-0.1, -0.05) is 57.9 Å². The molecule has 1 atom stereocenters.